The lowest BCUT2D eigenvalue weighted by Gasteiger charge is -2.21. The quantitative estimate of drug-likeness (QED) is 0.0222. The summed E-state index contributed by atoms with van der Waals surface area (Å²) in [5, 5.41) is 10.6. The zero-order valence-electron chi connectivity index (χ0n) is 61.4. The molecule has 0 aromatic rings. The second-order valence-corrected chi connectivity index (χ2v) is 30.9. The fourth-order valence-corrected chi connectivity index (χ4v) is 12.9. The Bertz CT molecular complexity index is 1840. The molecular formula is C75H146O17P2. The number of unbranched alkanes of at least 4 members (excludes halogenated alkanes) is 39. The van der Waals surface area contributed by atoms with Crippen LogP contribution in [0, 0.1) is 17.8 Å². The summed E-state index contributed by atoms with van der Waals surface area (Å²) in [7, 11) is -9.91. The van der Waals surface area contributed by atoms with Gasteiger partial charge in [0.05, 0.1) is 26.4 Å². The van der Waals surface area contributed by atoms with E-state index in [1.165, 1.54) is 186 Å². The molecule has 4 unspecified atom stereocenters. The van der Waals surface area contributed by atoms with E-state index in [1.54, 1.807) is 0 Å². The predicted molar refractivity (Wildman–Crippen MR) is 381 cm³/mol. The van der Waals surface area contributed by atoms with Gasteiger partial charge in [0.2, 0.25) is 0 Å². The van der Waals surface area contributed by atoms with Crippen molar-refractivity contribution in [1.82, 2.24) is 0 Å². The van der Waals surface area contributed by atoms with Gasteiger partial charge >= 0.3 is 39.5 Å². The second-order valence-electron chi connectivity index (χ2n) is 28.0. The van der Waals surface area contributed by atoms with Crippen molar-refractivity contribution in [2.24, 2.45) is 17.8 Å². The third-order valence-corrected chi connectivity index (χ3v) is 20.0. The van der Waals surface area contributed by atoms with Gasteiger partial charge in [-0.15, -0.1) is 0 Å². The average Bonchev–Trinajstić information content (AvgIpc) is 1.92. The van der Waals surface area contributed by atoms with Crippen molar-refractivity contribution < 1.29 is 80.2 Å². The summed E-state index contributed by atoms with van der Waals surface area (Å²) in [5.74, 6) is 0.0827. The molecule has 0 rings (SSSR count). The molecule has 558 valence electrons. The highest BCUT2D eigenvalue weighted by atomic mass is 31.2. The van der Waals surface area contributed by atoms with Crippen LogP contribution in [0.3, 0.4) is 0 Å². The number of hydrogen-bond donors (Lipinski definition) is 3. The zero-order valence-corrected chi connectivity index (χ0v) is 63.2. The first-order valence-electron chi connectivity index (χ1n) is 38.9. The van der Waals surface area contributed by atoms with Gasteiger partial charge in [-0.25, -0.2) is 9.13 Å². The summed E-state index contributed by atoms with van der Waals surface area (Å²) in [4.78, 5) is 72.7. The number of carbonyl (C=O) groups is 4. The molecule has 0 saturated carbocycles. The van der Waals surface area contributed by atoms with E-state index in [1.807, 2.05) is 0 Å². The molecule has 94 heavy (non-hydrogen) atoms. The van der Waals surface area contributed by atoms with Gasteiger partial charge in [0.25, 0.3) is 0 Å². The lowest BCUT2D eigenvalue weighted by molar-refractivity contribution is -0.161. The molecule has 0 aliphatic rings. The van der Waals surface area contributed by atoms with Gasteiger partial charge in [-0.2, -0.15) is 0 Å². The normalized spacial score (nSPS) is 14.7. The largest absolute Gasteiger partial charge is 0.472 e. The van der Waals surface area contributed by atoms with Crippen LogP contribution in [0.2, 0.25) is 0 Å². The number of hydrogen-bond acceptors (Lipinski definition) is 15. The van der Waals surface area contributed by atoms with E-state index in [4.69, 9.17) is 37.0 Å². The number of esters is 4. The Morgan fingerprint density at radius 3 is 0.809 bits per heavy atom. The topological polar surface area (TPSA) is 237 Å². The van der Waals surface area contributed by atoms with Crippen molar-refractivity contribution >= 4 is 39.5 Å². The Morgan fingerprint density at radius 1 is 0.309 bits per heavy atom. The summed E-state index contributed by atoms with van der Waals surface area (Å²) in [5.41, 5.74) is 0. The number of carbonyl (C=O) groups excluding carboxylic acids is 4. The monoisotopic (exact) mass is 1380 g/mol. The predicted octanol–water partition coefficient (Wildman–Crippen LogP) is 21.8. The summed E-state index contributed by atoms with van der Waals surface area (Å²) in [6.45, 7) is 11.8. The Hall–Kier alpha value is -1.94. The molecule has 0 bridgehead atoms. The number of phosphoric acid groups is 2. The highest BCUT2D eigenvalue weighted by molar-refractivity contribution is 7.47. The van der Waals surface area contributed by atoms with E-state index in [0.717, 1.165) is 108 Å². The Labute approximate surface area is 575 Å². The summed E-state index contributed by atoms with van der Waals surface area (Å²) in [6.07, 6.45) is 51.7. The van der Waals surface area contributed by atoms with Gasteiger partial charge in [-0.3, -0.25) is 37.3 Å². The molecule has 7 atom stereocenters. The fourth-order valence-electron chi connectivity index (χ4n) is 11.4. The van der Waals surface area contributed by atoms with E-state index in [2.05, 4.69) is 48.5 Å². The van der Waals surface area contributed by atoms with Crippen LogP contribution in [0.25, 0.3) is 0 Å². The molecule has 0 fully saturated rings. The number of rotatable bonds is 73. The summed E-state index contributed by atoms with van der Waals surface area (Å²) in [6, 6.07) is 0. The minimum absolute atomic E-state index is 0.102. The minimum atomic E-state index is -4.96. The van der Waals surface area contributed by atoms with Crippen molar-refractivity contribution in [3.05, 3.63) is 0 Å². The standard InChI is InChI=1S/C75H146O17P2/c1-8-11-12-13-14-15-16-17-18-19-20-21-22-23-24-25-26-31-34-44-51-58-74(79)91-70(62-85-72(77)56-49-42-33-30-28-27-29-32-40-47-54-67(6)9-2)64-89-93(81,82)87-60-69(76)61-88-94(83,84)90-65-71(63-86-73(78)57-50-43-37-35-39-46-53-66(4)5)92-75(80)59-52-45-38-36-41-48-55-68(7)10-3/h66-71,76H,8-65H2,1-7H3,(H,81,82)(H,83,84)/t67?,68?,69-,70-,71-/m1/s1. The van der Waals surface area contributed by atoms with Crippen molar-refractivity contribution in [2.45, 2.75) is 401 Å². The molecule has 3 N–H and O–H groups in total. The Morgan fingerprint density at radius 2 is 0.543 bits per heavy atom. The maximum Gasteiger partial charge on any atom is 0.472 e. The molecule has 0 aromatic heterocycles. The smallest absolute Gasteiger partial charge is 0.462 e. The molecule has 0 aromatic carbocycles. The molecule has 0 aliphatic heterocycles. The van der Waals surface area contributed by atoms with Crippen LogP contribution in [0.4, 0.5) is 0 Å². The molecule has 19 heteroatoms. The van der Waals surface area contributed by atoms with Crippen molar-refractivity contribution in [2.75, 3.05) is 39.6 Å². The van der Waals surface area contributed by atoms with Gasteiger partial charge < -0.3 is 33.8 Å². The number of aliphatic hydroxyl groups excluding tert-OH is 1. The molecular weight excluding hydrogens is 1230 g/mol. The van der Waals surface area contributed by atoms with Crippen molar-refractivity contribution in [3.8, 4) is 0 Å². The number of phosphoric ester groups is 2. The van der Waals surface area contributed by atoms with Crippen LogP contribution in [-0.2, 0) is 65.4 Å². The van der Waals surface area contributed by atoms with Crippen LogP contribution in [-0.4, -0.2) is 96.7 Å². The van der Waals surface area contributed by atoms with E-state index in [-0.39, 0.29) is 25.7 Å². The van der Waals surface area contributed by atoms with Crippen LogP contribution in [0.15, 0.2) is 0 Å². The van der Waals surface area contributed by atoms with Crippen LogP contribution in [0.5, 0.6) is 0 Å². The van der Waals surface area contributed by atoms with Gasteiger partial charge in [0.15, 0.2) is 12.2 Å². The minimum Gasteiger partial charge on any atom is -0.462 e. The SMILES string of the molecule is CCCCCCCCCCCCCCCCCCCCCCCC(=O)O[C@H](COC(=O)CCCCCCCCCCCCC(C)CC)COP(=O)(O)OC[C@@H](O)COP(=O)(O)OC[C@@H](COC(=O)CCCCCCCCC(C)C)OC(=O)CCCCCCCCC(C)CC. The molecule has 17 nitrogen and oxygen atoms in total. The van der Waals surface area contributed by atoms with E-state index < -0.39 is 97.5 Å². The lowest BCUT2D eigenvalue weighted by atomic mass is 9.99. The second kappa shape index (κ2) is 65.7. The van der Waals surface area contributed by atoms with Gasteiger partial charge in [-0.05, 0) is 43.4 Å². The first-order valence-corrected chi connectivity index (χ1v) is 41.9. The fraction of sp³-hybridized carbons (Fsp3) is 0.947. The molecule has 0 amide bonds. The third-order valence-electron chi connectivity index (χ3n) is 18.1. The third kappa shape index (κ3) is 66.0. The molecule has 0 spiro atoms. The lowest BCUT2D eigenvalue weighted by Crippen LogP contribution is -2.30. The molecule has 0 aliphatic carbocycles. The van der Waals surface area contributed by atoms with Gasteiger partial charge in [0.1, 0.15) is 19.3 Å². The van der Waals surface area contributed by atoms with Gasteiger partial charge in [-0.1, -0.05) is 331 Å². The van der Waals surface area contributed by atoms with E-state index >= 15 is 0 Å². The van der Waals surface area contributed by atoms with Crippen LogP contribution >= 0.6 is 15.6 Å². The van der Waals surface area contributed by atoms with Crippen molar-refractivity contribution in [1.29, 1.82) is 0 Å². The maximum atomic E-state index is 13.1. The zero-order chi connectivity index (χ0) is 69.4. The number of aliphatic hydroxyl groups is 1. The summed E-state index contributed by atoms with van der Waals surface area (Å²) >= 11 is 0. The van der Waals surface area contributed by atoms with E-state index in [9.17, 15) is 43.2 Å². The van der Waals surface area contributed by atoms with Crippen LogP contribution in [0.1, 0.15) is 382 Å². The highest BCUT2D eigenvalue weighted by Gasteiger charge is 2.30. The van der Waals surface area contributed by atoms with Gasteiger partial charge in [0, 0.05) is 25.7 Å². The first kappa shape index (κ1) is 92.1. The van der Waals surface area contributed by atoms with E-state index in [0.29, 0.717) is 31.6 Å². The van der Waals surface area contributed by atoms with Crippen molar-refractivity contribution in [3.63, 3.8) is 0 Å². The Balaban J connectivity index is 5.19. The Kier molecular flexibility index (Phi) is 64.3. The maximum absolute atomic E-state index is 13.1. The molecule has 0 saturated heterocycles. The number of ether oxygens (including phenoxy) is 4. The molecule has 0 radical (unpaired) electrons. The summed E-state index contributed by atoms with van der Waals surface area (Å²) < 4.78 is 68.4. The average molecular weight is 1380 g/mol. The highest BCUT2D eigenvalue weighted by Crippen LogP contribution is 2.45. The molecule has 0 heterocycles. The van der Waals surface area contributed by atoms with Crippen LogP contribution < -0.4 is 0 Å². The first-order chi connectivity index (χ1) is 45.3.